The lowest BCUT2D eigenvalue weighted by atomic mass is 9.99. The summed E-state index contributed by atoms with van der Waals surface area (Å²) in [5, 5.41) is 0. The molecule has 158 valence electrons. The van der Waals surface area contributed by atoms with E-state index in [0.29, 0.717) is 0 Å². The van der Waals surface area contributed by atoms with Gasteiger partial charge in [0.2, 0.25) is 0 Å². The van der Waals surface area contributed by atoms with Crippen LogP contribution in [0.2, 0.25) is 0 Å². The molecule has 34 heavy (non-hydrogen) atoms. The molecule has 2 aliphatic carbocycles. The van der Waals surface area contributed by atoms with E-state index < -0.39 is 0 Å². The van der Waals surface area contributed by atoms with E-state index in [9.17, 15) is 0 Å². The van der Waals surface area contributed by atoms with E-state index in [2.05, 4.69) is 133 Å². The lowest BCUT2D eigenvalue weighted by Crippen LogP contribution is -1.84. The van der Waals surface area contributed by atoms with Crippen molar-refractivity contribution in [3.05, 3.63) is 155 Å². The van der Waals surface area contributed by atoms with Gasteiger partial charge in [-0.05, 0) is 78.9 Å². The van der Waals surface area contributed by atoms with Crippen LogP contribution in [0.25, 0.3) is 45.6 Å². The van der Waals surface area contributed by atoms with Crippen LogP contribution in [0.15, 0.2) is 121 Å². The van der Waals surface area contributed by atoms with Gasteiger partial charge in [0.15, 0.2) is 0 Å². The van der Waals surface area contributed by atoms with Gasteiger partial charge in [-0.2, -0.15) is 0 Å². The van der Waals surface area contributed by atoms with Gasteiger partial charge in [-0.3, -0.25) is 0 Å². The van der Waals surface area contributed by atoms with Crippen LogP contribution in [0, 0.1) is 0 Å². The molecular formula is C34H22. The Morgan fingerprint density at radius 3 is 0.765 bits per heavy atom. The predicted octanol–water partition coefficient (Wildman–Crippen LogP) is 8.83. The van der Waals surface area contributed by atoms with Gasteiger partial charge in [0, 0.05) is 0 Å². The number of hydrogen-bond acceptors (Lipinski definition) is 0. The molecule has 0 spiro atoms. The molecule has 2 aliphatic rings. The Morgan fingerprint density at radius 1 is 0.265 bits per heavy atom. The van der Waals surface area contributed by atoms with Crippen molar-refractivity contribution in [2.45, 2.75) is 0 Å². The van der Waals surface area contributed by atoms with Gasteiger partial charge < -0.3 is 0 Å². The van der Waals surface area contributed by atoms with E-state index in [4.69, 9.17) is 0 Å². The summed E-state index contributed by atoms with van der Waals surface area (Å²) in [4.78, 5) is 0. The fourth-order valence-electron chi connectivity index (χ4n) is 5.43. The first kappa shape index (κ1) is 19.1. The van der Waals surface area contributed by atoms with Crippen LogP contribution in [-0.2, 0) is 0 Å². The summed E-state index contributed by atoms with van der Waals surface area (Å²) >= 11 is 0. The fourth-order valence-corrected chi connectivity index (χ4v) is 5.43. The largest absolute Gasteiger partial charge is 0.0616 e. The van der Waals surface area contributed by atoms with Crippen molar-refractivity contribution in [1.82, 2.24) is 0 Å². The zero-order valence-corrected chi connectivity index (χ0v) is 18.7. The molecule has 0 heterocycles. The molecule has 0 radical (unpaired) electrons. The normalized spacial score (nSPS) is 12.6. The Balaban J connectivity index is 1.29. The molecular weight excluding hydrogens is 408 g/mol. The molecule has 0 saturated carbocycles. The molecule has 5 aromatic carbocycles. The first-order valence-corrected chi connectivity index (χ1v) is 11.8. The van der Waals surface area contributed by atoms with Crippen molar-refractivity contribution in [3.8, 4) is 22.3 Å². The summed E-state index contributed by atoms with van der Waals surface area (Å²) in [6, 6.07) is 43.8. The second-order valence-corrected chi connectivity index (χ2v) is 8.97. The van der Waals surface area contributed by atoms with Gasteiger partial charge in [-0.15, -0.1) is 0 Å². The first-order chi connectivity index (χ1) is 16.9. The maximum Gasteiger partial charge on any atom is -0.00930 e. The average molecular weight is 431 g/mol. The molecule has 0 fully saturated rings. The molecule has 0 nitrogen and oxygen atoms in total. The molecule has 0 aliphatic heterocycles. The van der Waals surface area contributed by atoms with Gasteiger partial charge in [0.1, 0.15) is 0 Å². The summed E-state index contributed by atoms with van der Waals surface area (Å²) < 4.78 is 0. The van der Waals surface area contributed by atoms with Crippen molar-refractivity contribution >= 4 is 23.3 Å². The summed E-state index contributed by atoms with van der Waals surface area (Å²) in [5.74, 6) is 0. The van der Waals surface area contributed by atoms with Gasteiger partial charge in [-0.1, -0.05) is 121 Å². The number of rotatable bonds is 2. The first-order valence-electron chi connectivity index (χ1n) is 11.8. The molecule has 0 aromatic heterocycles. The number of benzene rings is 5. The highest BCUT2D eigenvalue weighted by Gasteiger charge is 2.23. The highest BCUT2D eigenvalue weighted by atomic mass is 14.3. The minimum absolute atomic E-state index is 1.22. The third-order valence-corrected chi connectivity index (χ3v) is 7.01. The lowest BCUT2D eigenvalue weighted by molar-refractivity contribution is 1.60. The Bertz CT molecular complexity index is 1410. The van der Waals surface area contributed by atoms with Crippen molar-refractivity contribution in [1.29, 1.82) is 0 Å². The maximum absolute atomic E-state index is 2.32. The lowest BCUT2D eigenvalue weighted by Gasteiger charge is -2.05. The van der Waals surface area contributed by atoms with Gasteiger partial charge in [0.25, 0.3) is 0 Å². The molecule has 0 bridgehead atoms. The van der Waals surface area contributed by atoms with E-state index in [-0.39, 0.29) is 0 Å². The quantitative estimate of drug-likeness (QED) is 0.257. The minimum Gasteiger partial charge on any atom is -0.0616 e. The Kier molecular flexibility index (Phi) is 4.25. The smallest absolute Gasteiger partial charge is 0.00930 e. The van der Waals surface area contributed by atoms with E-state index in [0.717, 1.165) is 0 Å². The van der Waals surface area contributed by atoms with Crippen molar-refractivity contribution in [3.63, 3.8) is 0 Å². The molecule has 0 N–H and O–H groups in total. The Hall–Kier alpha value is -4.42. The Labute approximate surface area is 200 Å². The SMILES string of the molecule is C(=C1c2ccccc2-c2ccccc21)c1ccc(C=C2c3ccccc3-c3ccccc32)cc1. The number of hydrogen-bond donors (Lipinski definition) is 0. The number of fused-ring (bicyclic) bond motifs is 6. The summed E-state index contributed by atoms with van der Waals surface area (Å²) in [6.07, 6.45) is 4.64. The molecule has 5 aromatic rings. The van der Waals surface area contributed by atoms with Crippen LogP contribution >= 0.6 is 0 Å². The van der Waals surface area contributed by atoms with Crippen molar-refractivity contribution < 1.29 is 0 Å². The maximum atomic E-state index is 2.32. The zero-order chi connectivity index (χ0) is 22.5. The van der Waals surface area contributed by atoms with Crippen LogP contribution in [0.1, 0.15) is 33.4 Å². The van der Waals surface area contributed by atoms with E-state index in [1.165, 1.54) is 66.8 Å². The van der Waals surface area contributed by atoms with E-state index >= 15 is 0 Å². The Morgan fingerprint density at radius 2 is 0.500 bits per heavy atom. The van der Waals surface area contributed by atoms with Crippen LogP contribution in [-0.4, -0.2) is 0 Å². The monoisotopic (exact) mass is 430 g/mol. The summed E-state index contributed by atoms with van der Waals surface area (Å²) in [6.45, 7) is 0. The van der Waals surface area contributed by atoms with Gasteiger partial charge in [0.05, 0.1) is 0 Å². The van der Waals surface area contributed by atoms with Crippen LogP contribution in [0.5, 0.6) is 0 Å². The molecule has 0 amide bonds. The van der Waals surface area contributed by atoms with Crippen LogP contribution < -0.4 is 0 Å². The third kappa shape index (κ3) is 2.93. The van der Waals surface area contributed by atoms with E-state index in [1.807, 2.05) is 0 Å². The third-order valence-electron chi connectivity index (χ3n) is 7.01. The van der Waals surface area contributed by atoms with Gasteiger partial charge >= 0.3 is 0 Å². The fraction of sp³-hybridized carbons (Fsp3) is 0. The molecule has 7 rings (SSSR count). The second-order valence-electron chi connectivity index (χ2n) is 8.97. The molecule has 0 saturated heterocycles. The standard InChI is InChI=1S/C34H22/c1-5-13-29-25(9-1)26-10-2-6-14-30(26)33(29)21-23-17-19-24(20-18-23)22-34-31-15-7-3-11-27(31)28-12-4-8-16-32(28)34/h1-22H. The zero-order valence-electron chi connectivity index (χ0n) is 18.7. The molecule has 0 unspecified atom stereocenters. The molecule has 0 heteroatoms. The predicted molar refractivity (Wildman–Crippen MR) is 144 cm³/mol. The average Bonchev–Trinajstić information content (AvgIpc) is 3.39. The van der Waals surface area contributed by atoms with Crippen molar-refractivity contribution in [2.75, 3.05) is 0 Å². The van der Waals surface area contributed by atoms with Crippen LogP contribution in [0.3, 0.4) is 0 Å². The topological polar surface area (TPSA) is 0 Å². The highest BCUT2D eigenvalue weighted by Crippen LogP contribution is 2.46. The highest BCUT2D eigenvalue weighted by molar-refractivity contribution is 6.07. The summed E-state index contributed by atoms with van der Waals surface area (Å²) in [7, 11) is 0. The molecule has 0 atom stereocenters. The second kappa shape index (κ2) is 7.57. The van der Waals surface area contributed by atoms with Crippen LogP contribution in [0.4, 0.5) is 0 Å². The summed E-state index contributed by atoms with van der Waals surface area (Å²) in [5.41, 5.74) is 15.6. The van der Waals surface area contributed by atoms with Crippen molar-refractivity contribution in [2.24, 2.45) is 0 Å². The minimum atomic E-state index is 1.22. The van der Waals surface area contributed by atoms with E-state index in [1.54, 1.807) is 0 Å². The van der Waals surface area contributed by atoms with Gasteiger partial charge in [-0.25, -0.2) is 0 Å².